The molecule has 5 nitrogen and oxygen atoms in total. The Morgan fingerprint density at radius 3 is 2.86 bits per heavy atom. The number of ether oxygens (including phenoxy) is 1. The molecular weight excluding hydrogens is 292 g/mol. The Hall–Kier alpha value is -1.75. The zero-order valence-corrected chi connectivity index (χ0v) is 12.4. The molecule has 0 N–H and O–H groups in total. The summed E-state index contributed by atoms with van der Waals surface area (Å²) in [6.45, 7) is 2.33. The lowest BCUT2D eigenvalue weighted by molar-refractivity contribution is -0.129. The van der Waals surface area contributed by atoms with E-state index in [9.17, 15) is 9.59 Å². The zero-order chi connectivity index (χ0) is 14.8. The average Bonchev–Trinajstić information content (AvgIpc) is 3.09. The second kappa shape index (κ2) is 5.93. The minimum atomic E-state index is -0.264. The molecule has 2 heterocycles. The van der Waals surface area contributed by atoms with E-state index >= 15 is 0 Å². The van der Waals surface area contributed by atoms with Crippen molar-refractivity contribution in [3.05, 3.63) is 34.9 Å². The van der Waals surface area contributed by atoms with Crippen molar-refractivity contribution in [1.82, 2.24) is 9.80 Å². The van der Waals surface area contributed by atoms with Crippen LogP contribution in [0.15, 0.2) is 24.3 Å². The molecule has 0 radical (unpaired) electrons. The molecule has 2 fully saturated rings. The van der Waals surface area contributed by atoms with E-state index < -0.39 is 0 Å². The molecule has 112 valence electrons. The van der Waals surface area contributed by atoms with Crippen LogP contribution in [0, 0.1) is 0 Å². The predicted molar refractivity (Wildman–Crippen MR) is 78.2 cm³/mol. The fourth-order valence-electron chi connectivity index (χ4n) is 2.88. The molecule has 2 aliphatic heterocycles. The molecule has 2 aliphatic rings. The van der Waals surface area contributed by atoms with Gasteiger partial charge in [-0.3, -0.25) is 9.69 Å². The summed E-state index contributed by atoms with van der Waals surface area (Å²) < 4.78 is 4.95. The first-order chi connectivity index (χ1) is 10.1. The number of hydrogen-bond donors (Lipinski definition) is 0. The number of rotatable bonds is 3. The SMILES string of the molecule is O=C(Cc1ccccc1Cl)N1CCC(N2CCOC2=O)C1. The highest BCUT2D eigenvalue weighted by atomic mass is 35.5. The lowest BCUT2D eigenvalue weighted by Gasteiger charge is -2.22. The van der Waals surface area contributed by atoms with Crippen molar-refractivity contribution in [3.8, 4) is 0 Å². The number of halogens is 1. The highest BCUT2D eigenvalue weighted by molar-refractivity contribution is 6.31. The van der Waals surface area contributed by atoms with E-state index in [1.807, 2.05) is 18.2 Å². The van der Waals surface area contributed by atoms with Crippen LogP contribution in [0.3, 0.4) is 0 Å². The van der Waals surface area contributed by atoms with Gasteiger partial charge in [0, 0.05) is 18.1 Å². The molecule has 0 aromatic heterocycles. The molecule has 1 aromatic carbocycles. The van der Waals surface area contributed by atoms with Crippen molar-refractivity contribution < 1.29 is 14.3 Å². The third kappa shape index (κ3) is 2.97. The van der Waals surface area contributed by atoms with Gasteiger partial charge in [0.15, 0.2) is 0 Å². The normalized spacial score (nSPS) is 21.8. The van der Waals surface area contributed by atoms with E-state index in [4.69, 9.17) is 16.3 Å². The first-order valence-corrected chi connectivity index (χ1v) is 7.47. The number of carbonyl (C=O) groups excluding carboxylic acids is 2. The highest BCUT2D eigenvalue weighted by Gasteiger charge is 2.35. The third-order valence-corrected chi connectivity index (χ3v) is 4.42. The van der Waals surface area contributed by atoms with E-state index in [0.717, 1.165) is 12.0 Å². The van der Waals surface area contributed by atoms with E-state index in [0.29, 0.717) is 37.7 Å². The predicted octanol–water partition coefficient (Wildman–Crippen LogP) is 1.94. The lowest BCUT2D eigenvalue weighted by Crippen LogP contribution is -2.39. The van der Waals surface area contributed by atoms with Gasteiger partial charge in [-0.15, -0.1) is 0 Å². The van der Waals surface area contributed by atoms with Crippen LogP contribution in [-0.4, -0.2) is 54.1 Å². The van der Waals surface area contributed by atoms with Gasteiger partial charge in [-0.1, -0.05) is 29.8 Å². The maximum atomic E-state index is 12.3. The summed E-state index contributed by atoms with van der Waals surface area (Å²) in [7, 11) is 0. The molecule has 1 aromatic rings. The molecule has 3 rings (SSSR count). The molecule has 0 aliphatic carbocycles. The van der Waals surface area contributed by atoms with Crippen molar-refractivity contribution in [2.45, 2.75) is 18.9 Å². The Bertz CT molecular complexity index is 564. The monoisotopic (exact) mass is 308 g/mol. The maximum Gasteiger partial charge on any atom is 0.410 e. The Labute approximate surface area is 128 Å². The zero-order valence-electron chi connectivity index (χ0n) is 11.6. The van der Waals surface area contributed by atoms with Gasteiger partial charge in [0.25, 0.3) is 0 Å². The minimum absolute atomic E-state index is 0.0539. The van der Waals surface area contributed by atoms with Crippen molar-refractivity contribution in [2.24, 2.45) is 0 Å². The van der Waals surface area contributed by atoms with Crippen molar-refractivity contribution in [3.63, 3.8) is 0 Å². The lowest BCUT2D eigenvalue weighted by atomic mass is 10.1. The fourth-order valence-corrected chi connectivity index (χ4v) is 3.08. The largest absolute Gasteiger partial charge is 0.448 e. The van der Waals surface area contributed by atoms with Crippen molar-refractivity contribution in [2.75, 3.05) is 26.2 Å². The number of cyclic esters (lactones) is 1. The first-order valence-electron chi connectivity index (χ1n) is 7.10. The molecule has 0 spiro atoms. The molecule has 0 saturated carbocycles. The third-order valence-electron chi connectivity index (χ3n) is 4.05. The number of likely N-dealkylation sites (tertiary alicyclic amines) is 1. The standard InChI is InChI=1S/C15H17ClN2O3/c16-13-4-2-1-3-11(13)9-14(19)17-6-5-12(10-17)18-7-8-21-15(18)20/h1-4,12H,5-10H2. The Morgan fingerprint density at radius 1 is 1.33 bits per heavy atom. The van der Waals surface area contributed by atoms with Crippen molar-refractivity contribution in [1.29, 1.82) is 0 Å². The number of hydrogen-bond acceptors (Lipinski definition) is 3. The summed E-state index contributed by atoms with van der Waals surface area (Å²) in [5, 5.41) is 0.615. The maximum absolute atomic E-state index is 12.3. The smallest absolute Gasteiger partial charge is 0.410 e. The molecule has 21 heavy (non-hydrogen) atoms. The summed E-state index contributed by atoms with van der Waals surface area (Å²) in [5.41, 5.74) is 0.841. The number of nitrogens with zero attached hydrogens (tertiary/aromatic N) is 2. The van der Waals surface area contributed by atoms with Gasteiger partial charge in [0.2, 0.25) is 5.91 Å². The van der Waals surface area contributed by atoms with Crippen LogP contribution in [0.4, 0.5) is 4.79 Å². The minimum Gasteiger partial charge on any atom is -0.448 e. The van der Waals surface area contributed by atoms with E-state index in [-0.39, 0.29) is 18.0 Å². The number of amides is 2. The summed E-state index contributed by atoms with van der Waals surface area (Å²) in [4.78, 5) is 27.4. The molecule has 6 heteroatoms. The molecular formula is C15H17ClN2O3. The van der Waals surface area contributed by atoms with Gasteiger partial charge in [-0.2, -0.15) is 0 Å². The van der Waals surface area contributed by atoms with Crippen molar-refractivity contribution >= 4 is 23.6 Å². The second-order valence-corrected chi connectivity index (χ2v) is 5.77. The molecule has 1 unspecified atom stereocenters. The summed E-state index contributed by atoms with van der Waals surface area (Å²) in [5.74, 6) is 0.0539. The summed E-state index contributed by atoms with van der Waals surface area (Å²) in [6, 6.07) is 7.46. The van der Waals surface area contributed by atoms with Crippen LogP contribution in [0.1, 0.15) is 12.0 Å². The van der Waals surface area contributed by atoms with Gasteiger partial charge in [0.1, 0.15) is 6.61 Å². The van der Waals surface area contributed by atoms with Crippen LogP contribution in [0.2, 0.25) is 5.02 Å². The molecule has 2 saturated heterocycles. The van der Waals surface area contributed by atoms with Crippen LogP contribution in [-0.2, 0) is 16.0 Å². The Kier molecular flexibility index (Phi) is 4.01. The molecule has 2 amide bonds. The van der Waals surface area contributed by atoms with E-state index in [1.165, 1.54) is 0 Å². The second-order valence-electron chi connectivity index (χ2n) is 5.36. The van der Waals surface area contributed by atoms with Gasteiger partial charge in [0.05, 0.1) is 19.0 Å². The summed E-state index contributed by atoms with van der Waals surface area (Å²) >= 11 is 6.09. The van der Waals surface area contributed by atoms with Gasteiger partial charge >= 0.3 is 6.09 Å². The Morgan fingerprint density at radius 2 is 2.14 bits per heavy atom. The fraction of sp³-hybridized carbons (Fsp3) is 0.467. The van der Waals surface area contributed by atoms with E-state index in [1.54, 1.807) is 15.9 Å². The number of carbonyl (C=O) groups is 2. The van der Waals surface area contributed by atoms with Crippen LogP contribution in [0.5, 0.6) is 0 Å². The van der Waals surface area contributed by atoms with Crippen LogP contribution < -0.4 is 0 Å². The van der Waals surface area contributed by atoms with Gasteiger partial charge in [-0.05, 0) is 18.1 Å². The summed E-state index contributed by atoms with van der Waals surface area (Å²) in [6.07, 6.45) is 0.848. The quantitative estimate of drug-likeness (QED) is 0.857. The topological polar surface area (TPSA) is 49.9 Å². The highest BCUT2D eigenvalue weighted by Crippen LogP contribution is 2.21. The number of benzene rings is 1. The van der Waals surface area contributed by atoms with E-state index in [2.05, 4.69) is 0 Å². The first kappa shape index (κ1) is 14.2. The van der Waals surface area contributed by atoms with Crippen LogP contribution in [0.25, 0.3) is 0 Å². The van der Waals surface area contributed by atoms with Crippen LogP contribution >= 0.6 is 11.6 Å². The molecule has 0 bridgehead atoms. The van der Waals surface area contributed by atoms with Gasteiger partial charge in [-0.25, -0.2) is 4.79 Å². The average molecular weight is 309 g/mol. The molecule has 1 atom stereocenters. The van der Waals surface area contributed by atoms with Gasteiger partial charge < -0.3 is 9.64 Å². The Balaban J connectivity index is 1.60.